The van der Waals surface area contributed by atoms with Gasteiger partial charge in [-0.05, 0) is 24.6 Å². The average molecular weight is 237 g/mol. The predicted octanol–water partition coefficient (Wildman–Crippen LogP) is 2.23. The fraction of sp³-hybridized carbons (Fsp3) is 0.0714. The van der Waals surface area contributed by atoms with Crippen LogP contribution in [0.15, 0.2) is 49.1 Å². The van der Waals surface area contributed by atoms with Crippen molar-refractivity contribution in [2.24, 2.45) is 0 Å². The third kappa shape index (κ3) is 2.53. The Labute approximate surface area is 105 Å². The van der Waals surface area contributed by atoms with E-state index in [0.29, 0.717) is 5.56 Å². The van der Waals surface area contributed by atoms with Crippen molar-refractivity contribution >= 4 is 11.5 Å². The van der Waals surface area contributed by atoms with Gasteiger partial charge in [0, 0.05) is 18.5 Å². The van der Waals surface area contributed by atoms with E-state index in [1.54, 1.807) is 41.5 Å². The van der Waals surface area contributed by atoms with Crippen LogP contribution in [0.4, 0.5) is 0 Å². The Morgan fingerprint density at radius 1 is 1.39 bits per heavy atom. The highest BCUT2D eigenvalue weighted by molar-refractivity contribution is 5.95. The second-order valence-electron chi connectivity index (χ2n) is 3.80. The molecule has 0 bridgehead atoms. The highest BCUT2D eigenvalue weighted by Gasteiger charge is 2.05. The number of rotatable bonds is 3. The second-order valence-corrected chi connectivity index (χ2v) is 3.80. The van der Waals surface area contributed by atoms with Crippen molar-refractivity contribution in [2.75, 3.05) is 0 Å². The molecule has 0 aliphatic rings. The van der Waals surface area contributed by atoms with E-state index in [1.807, 2.05) is 12.1 Å². The number of carbonyl (C=O) groups is 1. The molecule has 0 fully saturated rings. The van der Waals surface area contributed by atoms with Gasteiger partial charge in [-0.3, -0.25) is 4.79 Å². The zero-order chi connectivity index (χ0) is 13.0. The first-order valence-electron chi connectivity index (χ1n) is 5.42. The van der Waals surface area contributed by atoms with E-state index in [0.717, 1.165) is 11.3 Å². The van der Waals surface area contributed by atoms with E-state index in [4.69, 9.17) is 5.26 Å². The standard InChI is InChI=1S/C14H11N3O/c1-11(18)8-14(17-7-6-16-10-17)13-4-2-12(9-15)3-5-13/h2-8,10H,1H3/b14-8-. The monoisotopic (exact) mass is 237 g/mol. The molecule has 18 heavy (non-hydrogen) atoms. The number of ketones is 1. The van der Waals surface area contributed by atoms with Crippen molar-refractivity contribution in [1.82, 2.24) is 9.55 Å². The molecule has 2 aromatic rings. The minimum Gasteiger partial charge on any atom is -0.306 e. The Balaban J connectivity index is 2.47. The quantitative estimate of drug-likeness (QED) is 0.769. The largest absolute Gasteiger partial charge is 0.306 e. The summed E-state index contributed by atoms with van der Waals surface area (Å²) in [5.74, 6) is -0.0388. The van der Waals surface area contributed by atoms with E-state index >= 15 is 0 Å². The molecule has 0 spiro atoms. The van der Waals surface area contributed by atoms with Crippen LogP contribution in [-0.2, 0) is 4.79 Å². The van der Waals surface area contributed by atoms with Crippen molar-refractivity contribution in [1.29, 1.82) is 5.26 Å². The van der Waals surface area contributed by atoms with E-state index in [2.05, 4.69) is 11.1 Å². The molecule has 0 aliphatic carbocycles. The van der Waals surface area contributed by atoms with Crippen LogP contribution in [0.3, 0.4) is 0 Å². The van der Waals surface area contributed by atoms with Crippen LogP contribution in [0.25, 0.3) is 5.70 Å². The summed E-state index contributed by atoms with van der Waals surface area (Å²) < 4.78 is 1.77. The van der Waals surface area contributed by atoms with Crippen LogP contribution in [0.2, 0.25) is 0 Å². The molecular weight excluding hydrogens is 226 g/mol. The first-order chi connectivity index (χ1) is 8.70. The van der Waals surface area contributed by atoms with Gasteiger partial charge < -0.3 is 4.57 Å². The number of hydrogen-bond acceptors (Lipinski definition) is 3. The molecule has 0 amide bonds. The zero-order valence-electron chi connectivity index (χ0n) is 9.87. The third-order valence-corrected chi connectivity index (χ3v) is 2.43. The molecule has 0 atom stereocenters. The summed E-state index contributed by atoms with van der Waals surface area (Å²) in [6.45, 7) is 1.50. The SMILES string of the molecule is CC(=O)/C=C(/c1ccc(C#N)cc1)n1ccnc1. The molecule has 0 aliphatic heterocycles. The molecule has 0 saturated carbocycles. The molecule has 0 unspecified atom stereocenters. The molecular formula is C14H11N3O. The van der Waals surface area contributed by atoms with Crippen LogP contribution < -0.4 is 0 Å². The Hall–Kier alpha value is -2.67. The Morgan fingerprint density at radius 2 is 2.11 bits per heavy atom. The number of benzene rings is 1. The van der Waals surface area contributed by atoms with Crippen molar-refractivity contribution < 1.29 is 4.79 Å². The molecule has 1 aromatic carbocycles. The first-order valence-corrected chi connectivity index (χ1v) is 5.42. The topological polar surface area (TPSA) is 58.7 Å². The lowest BCUT2D eigenvalue weighted by Gasteiger charge is -2.08. The minimum absolute atomic E-state index is 0.0388. The summed E-state index contributed by atoms with van der Waals surface area (Å²) in [5, 5.41) is 8.76. The van der Waals surface area contributed by atoms with E-state index < -0.39 is 0 Å². The van der Waals surface area contributed by atoms with Gasteiger partial charge in [0.05, 0.1) is 23.7 Å². The summed E-state index contributed by atoms with van der Waals surface area (Å²) in [6, 6.07) is 9.13. The van der Waals surface area contributed by atoms with Crippen molar-refractivity contribution in [3.8, 4) is 6.07 Å². The number of nitriles is 1. The maximum Gasteiger partial charge on any atom is 0.154 e. The molecule has 0 saturated heterocycles. The maximum atomic E-state index is 11.3. The Bertz CT molecular complexity index is 616. The number of carbonyl (C=O) groups excluding carboxylic acids is 1. The molecule has 0 N–H and O–H groups in total. The van der Waals surface area contributed by atoms with Crippen LogP contribution in [0.1, 0.15) is 18.1 Å². The molecule has 4 nitrogen and oxygen atoms in total. The second kappa shape index (κ2) is 5.11. The minimum atomic E-state index is -0.0388. The average Bonchev–Trinajstić information content (AvgIpc) is 2.89. The number of aromatic nitrogens is 2. The number of imidazole rings is 1. The van der Waals surface area contributed by atoms with Crippen LogP contribution in [0, 0.1) is 11.3 Å². The highest BCUT2D eigenvalue weighted by Crippen LogP contribution is 2.17. The van der Waals surface area contributed by atoms with E-state index in [1.165, 1.54) is 6.92 Å². The lowest BCUT2D eigenvalue weighted by Crippen LogP contribution is -1.99. The van der Waals surface area contributed by atoms with Crippen molar-refractivity contribution in [2.45, 2.75) is 6.92 Å². The maximum absolute atomic E-state index is 11.3. The van der Waals surface area contributed by atoms with Gasteiger partial charge in [0.2, 0.25) is 0 Å². The fourth-order valence-electron chi connectivity index (χ4n) is 1.62. The van der Waals surface area contributed by atoms with Gasteiger partial charge in [0.1, 0.15) is 0 Å². The molecule has 4 heteroatoms. The van der Waals surface area contributed by atoms with Gasteiger partial charge in [0.15, 0.2) is 5.78 Å². The smallest absolute Gasteiger partial charge is 0.154 e. The van der Waals surface area contributed by atoms with E-state index in [9.17, 15) is 4.79 Å². The summed E-state index contributed by atoms with van der Waals surface area (Å²) >= 11 is 0. The number of nitrogens with zero attached hydrogens (tertiary/aromatic N) is 3. The predicted molar refractivity (Wildman–Crippen MR) is 67.4 cm³/mol. The normalized spacial score (nSPS) is 11.0. The highest BCUT2D eigenvalue weighted by atomic mass is 16.1. The molecule has 1 aromatic heterocycles. The third-order valence-electron chi connectivity index (χ3n) is 2.43. The first kappa shape index (κ1) is 11.8. The van der Waals surface area contributed by atoms with Gasteiger partial charge in [-0.25, -0.2) is 4.98 Å². The van der Waals surface area contributed by atoms with Gasteiger partial charge in [-0.2, -0.15) is 5.26 Å². The Morgan fingerprint density at radius 3 is 2.61 bits per heavy atom. The zero-order valence-corrected chi connectivity index (χ0v) is 9.87. The van der Waals surface area contributed by atoms with Crippen LogP contribution >= 0.6 is 0 Å². The van der Waals surface area contributed by atoms with Gasteiger partial charge in [0.25, 0.3) is 0 Å². The summed E-state index contributed by atoms with van der Waals surface area (Å²) in [5.41, 5.74) is 2.19. The van der Waals surface area contributed by atoms with Gasteiger partial charge in [-0.15, -0.1) is 0 Å². The van der Waals surface area contributed by atoms with Crippen molar-refractivity contribution in [3.05, 3.63) is 60.2 Å². The lowest BCUT2D eigenvalue weighted by atomic mass is 10.1. The van der Waals surface area contributed by atoms with Gasteiger partial charge >= 0.3 is 0 Å². The molecule has 0 radical (unpaired) electrons. The number of allylic oxidation sites excluding steroid dienone is 1. The fourth-order valence-corrected chi connectivity index (χ4v) is 1.62. The van der Waals surface area contributed by atoms with Gasteiger partial charge in [-0.1, -0.05) is 12.1 Å². The van der Waals surface area contributed by atoms with Crippen LogP contribution in [-0.4, -0.2) is 15.3 Å². The number of hydrogen-bond donors (Lipinski definition) is 0. The summed E-state index contributed by atoms with van der Waals surface area (Å²) in [6.07, 6.45) is 6.60. The van der Waals surface area contributed by atoms with Crippen molar-refractivity contribution in [3.63, 3.8) is 0 Å². The summed E-state index contributed by atoms with van der Waals surface area (Å²) in [4.78, 5) is 15.3. The molecule has 2 rings (SSSR count). The Kier molecular flexibility index (Phi) is 3.35. The molecule has 1 heterocycles. The molecule has 88 valence electrons. The van der Waals surface area contributed by atoms with E-state index in [-0.39, 0.29) is 5.78 Å². The summed E-state index contributed by atoms with van der Waals surface area (Å²) in [7, 11) is 0. The van der Waals surface area contributed by atoms with Crippen LogP contribution in [0.5, 0.6) is 0 Å². The lowest BCUT2D eigenvalue weighted by molar-refractivity contribution is -0.112.